The van der Waals surface area contributed by atoms with Gasteiger partial charge in [0.1, 0.15) is 0 Å². The molecule has 2 amide bonds. The summed E-state index contributed by atoms with van der Waals surface area (Å²) in [5.74, 6) is 0. The van der Waals surface area contributed by atoms with E-state index in [4.69, 9.17) is 0 Å². The van der Waals surface area contributed by atoms with Crippen LogP contribution in [-0.2, 0) is 16.2 Å². The van der Waals surface area contributed by atoms with Crippen LogP contribution < -0.4 is 15.4 Å². The average Bonchev–Trinajstić information content (AvgIpc) is 2.54. The molecule has 0 spiro atoms. The fraction of sp³-hybridized carbons (Fsp3) is 0.133. The summed E-state index contributed by atoms with van der Waals surface area (Å²) in [4.78, 5) is 10.9. The van der Waals surface area contributed by atoms with Crippen LogP contribution >= 0.6 is 0 Å². The predicted octanol–water partition coefficient (Wildman–Crippen LogP) is 3.26. The molecular formula is C15H14F3N3O3S. The zero-order valence-electron chi connectivity index (χ0n) is 12.9. The lowest BCUT2D eigenvalue weighted by Crippen LogP contribution is -2.24. The van der Waals surface area contributed by atoms with Crippen molar-refractivity contribution in [2.24, 2.45) is 0 Å². The lowest BCUT2D eigenvalue weighted by Gasteiger charge is -2.11. The van der Waals surface area contributed by atoms with Gasteiger partial charge in [-0.25, -0.2) is 13.2 Å². The summed E-state index contributed by atoms with van der Waals surface area (Å²) < 4.78 is 64.4. The van der Waals surface area contributed by atoms with Gasteiger partial charge in [0.2, 0.25) is 0 Å². The molecule has 0 aliphatic carbocycles. The topological polar surface area (TPSA) is 87.3 Å². The Labute approximate surface area is 142 Å². The molecule has 0 saturated carbocycles. The maximum Gasteiger partial charge on any atom is 0.416 e. The molecule has 3 N–H and O–H groups in total. The van der Waals surface area contributed by atoms with Crippen LogP contribution in [0.4, 0.5) is 29.3 Å². The number of alkyl halides is 3. The highest BCUT2D eigenvalue weighted by Gasteiger charge is 2.30. The second-order valence-electron chi connectivity index (χ2n) is 4.91. The van der Waals surface area contributed by atoms with Crippen molar-refractivity contribution in [3.8, 4) is 0 Å². The summed E-state index contributed by atoms with van der Waals surface area (Å²) >= 11 is 0. The molecule has 10 heteroatoms. The minimum Gasteiger partial charge on any atom is -0.341 e. The third-order valence-corrected chi connectivity index (χ3v) is 4.49. The molecule has 0 aromatic heterocycles. The van der Waals surface area contributed by atoms with E-state index >= 15 is 0 Å². The molecular weight excluding hydrogens is 359 g/mol. The molecule has 0 unspecified atom stereocenters. The fourth-order valence-electron chi connectivity index (χ4n) is 1.89. The number of anilines is 2. The number of hydrogen-bond acceptors (Lipinski definition) is 3. The van der Waals surface area contributed by atoms with E-state index in [-0.39, 0.29) is 10.6 Å². The van der Waals surface area contributed by atoms with Gasteiger partial charge in [-0.1, -0.05) is 6.07 Å². The minimum absolute atomic E-state index is 0.147. The zero-order chi connectivity index (χ0) is 18.7. The smallest absolute Gasteiger partial charge is 0.341 e. The van der Waals surface area contributed by atoms with Crippen molar-refractivity contribution < 1.29 is 26.4 Å². The molecule has 0 aliphatic rings. The van der Waals surface area contributed by atoms with Crippen molar-refractivity contribution in [3.05, 3.63) is 54.1 Å². The second-order valence-corrected chi connectivity index (χ2v) is 6.59. The Kier molecular flexibility index (Phi) is 5.21. The summed E-state index contributed by atoms with van der Waals surface area (Å²) in [7, 11) is -2.65. The number of urea groups is 1. The number of halogens is 3. The third kappa shape index (κ3) is 4.86. The van der Waals surface area contributed by atoms with E-state index in [9.17, 15) is 26.4 Å². The van der Waals surface area contributed by atoms with Crippen LogP contribution in [0.3, 0.4) is 0 Å². The van der Waals surface area contributed by atoms with Crippen molar-refractivity contribution in [3.63, 3.8) is 0 Å². The molecule has 0 heterocycles. The van der Waals surface area contributed by atoms with Crippen molar-refractivity contribution in [2.45, 2.75) is 11.1 Å². The summed E-state index contributed by atoms with van der Waals surface area (Å²) in [5.41, 5.74) is -0.455. The van der Waals surface area contributed by atoms with Crippen LogP contribution in [0.5, 0.6) is 0 Å². The molecule has 0 radical (unpaired) electrons. The Morgan fingerprint density at radius 1 is 1.00 bits per heavy atom. The monoisotopic (exact) mass is 373 g/mol. The summed E-state index contributed by atoms with van der Waals surface area (Å²) in [6, 6.07) is 8.52. The van der Waals surface area contributed by atoms with Crippen LogP contribution in [0.2, 0.25) is 0 Å². The first kappa shape index (κ1) is 18.6. The summed E-state index contributed by atoms with van der Waals surface area (Å²) in [5, 5.41) is 4.82. The van der Waals surface area contributed by atoms with E-state index in [0.29, 0.717) is 17.8 Å². The van der Waals surface area contributed by atoms with Crippen LogP contribution in [0.1, 0.15) is 5.56 Å². The van der Waals surface area contributed by atoms with Gasteiger partial charge in [-0.05, 0) is 42.5 Å². The van der Waals surface area contributed by atoms with Crippen molar-refractivity contribution in [2.75, 3.05) is 17.1 Å². The number of carbonyl (C=O) groups is 1. The number of nitrogens with one attached hydrogen (secondary N) is 3. The first-order valence-corrected chi connectivity index (χ1v) is 8.39. The van der Waals surface area contributed by atoms with E-state index in [0.717, 1.165) is 12.1 Å². The number of benzene rings is 2. The van der Waals surface area contributed by atoms with Crippen molar-refractivity contribution in [1.82, 2.24) is 5.32 Å². The van der Waals surface area contributed by atoms with Crippen LogP contribution in [0, 0.1) is 0 Å². The zero-order valence-corrected chi connectivity index (χ0v) is 13.7. The fourth-order valence-corrected chi connectivity index (χ4v) is 2.94. The van der Waals surface area contributed by atoms with Crippen molar-refractivity contribution in [1.29, 1.82) is 0 Å². The molecule has 0 atom stereocenters. The highest BCUT2D eigenvalue weighted by molar-refractivity contribution is 7.92. The Balaban J connectivity index is 2.21. The Bertz CT molecular complexity index is 866. The predicted molar refractivity (Wildman–Crippen MR) is 86.8 cm³/mol. The lowest BCUT2D eigenvalue weighted by atomic mass is 10.2. The van der Waals surface area contributed by atoms with Crippen molar-refractivity contribution >= 4 is 27.4 Å². The van der Waals surface area contributed by atoms with Gasteiger partial charge in [0.25, 0.3) is 10.0 Å². The number of carbonyl (C=O) groups excluding carboxylic acids is 1. The Morgan fingerprint density at radius 3 is 2.16 bits per heavy atom. The number of amides is 2. The second kappa shape index (κ2) is 7.01. The van der Waals surface area contributed by atoms with E-state index < -0.39 is 27.8 Å². The number of rotatable bonds is 4. The van der Waals surface area contributed by atoms with E-state index in [1.807, 2.05) is 0 Å². The first-order valence-electron chi connectivity index (χ1n) is 6.91. The highest BCUT2D eigenvalue weighted by Crippen LogP contribution is 2.30. The molecule has 6 nitrogen and oxygen atoms in total. The maximum atomic E-state index is 12.5. The van der Waals surface area contributed by atoms with Gasteiger partial charge >= 0.3 is 12.2 Å². The standard InChI is InChI=1S/C15H14F3N3O3S/c1-19-14(22)20-11-3-2-4-12(9-11)21-25(23,24)13-7-5-10(6-8-13)15(16,17)18/h2-9,21H,1H3,(H2,19,20,22). The van der Waals surface area contributed by atoms with E-state index in [2.05, 4.69) is 15.4 Å². The van der Waals surface area contributed by atoms with Gasteiger partial charge in [0.15, 0.2) is 0 Å². The molecule has 0 bridgehead atoms. The molecule has 2 rings (SSSR count). The molecule has 0 saturated heterocycles. The Morgan fingerprint density at radius 2 is 1.60 bits per heavy atom. The molecule has 0 fully saturated rings. The third-order valence-electron chi connectivity index (χ3n) is 3.09. The van der Waals surface area contributed by atoms with Gasteiger partial charge in [-0.2, -0.15) is 13.2 Å². The first-order chi connectivity index (χ1) is 11.6. The highest BCUT2D eigenvalue weighted by atomic mass is 32.2. The maximum absolute atomic E-state index is 12.5. The minimum atomic E-state index is -4.55. The van der Waals surface area contributed by atoms with Crippen LogP contribution in [0.15, 0.2) is 53.4 Å². The van der Waals surface area contributed by atoms with E-state index in [1.54, 1.807) is 6.07 Å². The van der Waals surface area contributed by atoms with Gasteiger partial charge in [-0.15, -0.1) is 0 Å². The molecule has 2 aromatic carbocycles. The summed E-state index contributed by atoms with van der Waals surface area (Å²) in [6.07, 6.45) is -4.55. The van der Waals surface area contributed by atoms with Gasteiger partial charge < -0.3 is 10.6 Å². The quantitative estimate of drug-likeness (QED) is 0.769. The number of hydrogen-bond donors (Lipinski definition) is 3. The molecule has 2 aromatic rings. The number of sulfonamides is 1. The van der Waals surface area contributed by atoms with Crippen LogP contribution in [0.25, 0.3) is 0 Å². The van der Waals surface area contributed by atoms with Gasteiger partial charge in [-0.3, -0.25) is 4.72 Å². The SMILES string of the molecule is CNC(=O)Nc1cccc(NS(=O)(=O)c2ccc(C(F)(F)F)cc2)c1. The lowest BCUT2D eigenvalue weighted by molar-refractivity contribution is -0.137. The molecule has 25 heavy (non-hydrogen) atoms. The molecule has 0 aliphatic heterocycles. The molecule has 134 valence electrons. The van der Waals surface area contributed by atoms with Gasteiger partial charge in [0, 0.05) is 12.7 Å². The Hall–Kier alpha value is -2.75. The van der Waals surface area contributed by atoms with Gasteiger partial charge in [0.05, 0.1) is 16.1 Å². The largest absolute Gasteiger partial charge is 0.416 e. The van der Waals surface area contributed by atoms with Crippen LogP contribution in [-0.4, -0.2) is 21.5 Å². The van der Waals surface area contributed by atoms with E-state index in [1.165, 1.54) is 25.2 Å². The normalized spacial score (nSPS) is 11.7. The average molecular weight is 373 g/mol. The summed E-state index contributed by atoms with van der Waals surface area (Å²) in [6.45, 7) is 0.